The Labute approximate surface area is 174 Å². The van der Waals surface area contributed by atoms with E-state index >= 15 is 0 Å². The maximum absolute atomic E-state index is 12.2. The van der Waals surface area contributed by atoms with Gasteiger partial charge in [0.15, 0.2) is 0 Å². The van der Waals surface area contributed by atoms with Gasteiger partial charge in [-0.1, -0.05) is 18.5 Å². The second kappa shape index (κ2) is 7.83. The highest BCUT2D eigenvalue weighted by Crippen LogP contribution is 2.44. The summed E-state index contributed by atoms with van der Waals surface area (Å²) in [6, 6.07) is 9.27. The summed E-state index contributed by atoms with van der Waals surface area (Å²) >= 11 is 6.45. The summed E-state index contributed by atoms with van der Waals surface area (Å²) in [7, 11) is 2.07. The van der Waals surface area contributed by atoms with Crippen molar-refractivity contribution in [3.05, 3.63) is 68.2 Å². The first-order chi connectivity index (χ1) is 13.6. The predicted octanol–water partition coefficient (Wildman–Crippen LogP) is 4.73. The van der Waals surface area contributed by atoms with Crippen molar-refractivity contribution < 1.29 is 9.72 Å². The normalized spacial score (nSPS) is 17.8. The number of hydrazone groups is 1. The van der Waals surface area contributed by atoms with E-state index in [2.05, 4.69) is 43.2 Å². The molecule has 0 spiro atoms. The fourth-order valence-corrected chi connectivity index (χ4v) is 3.87. The molecule has 3 rings (SSSR count). The molecule has 0 bridgehead atoms. The Hall–Kier alpha value is -2.93. The number of halogens is 1. The first-order valence-corrected chi connectivity index (χ1v) is 9.63. The summed E-state index contributed by atoms with van der Waals surface area (Å²) in [5.41, 5.74) is 5.69. The van der Waals surface area contributed by atoms with Gasteiger partial charge in [0.25, 0.3) is 11.6 Å². The molecule has 0 saturated carbocycles. The molecular weight excluding hydrogens is 392 g/mol. The maximum Gasteiger partial charge on any atom is 0.271 e. The van der Waals surface area contributed by atoms with Gasteiger partial charge in [0.1, 0.15) is 0 Å². The van der Waals surface area contributed by atoms with Gasteiger partial charge in [-0.25, -0.2) is 5.43 Å². The van der Waals surface area contributed by atoms with Crippen LogP contribution in [0.25, 0.3) is 0 Å². The number of nitrogens with one attached hydrogen (secondary N) is 1. The molecule has 1 aliphatic heterocycles. The predicted molar refractivity (Wildman–Crippen MR) is 115 cm³/mol. The number of carbonyl (C=O) groups is 1. The SMILES string of the molecule is CC1CC(C)(C)N(C)c2cc(Cl)c(/C=N\NC(=O)c3ccc([N+](=O)[O-])cc3)cc21. The first-order valence-electron chi connectivity index (χ1n) is 9.25. The number of fused-ring (bicyclic) bond motifs is 1. The monoisotopic (exact) mass is 414 g/mol. The second-order valence-electron chi connectivity index (χ2n) is 7.91. The van der Waals surface area contributed by atoms with E-state index in [-0.39, 0.29) is 16.8 Å². The van der Waals surface area contributed by atoms with E-state index in [1.165, 1.54) is 36.0 Å². The largest absolute Gasteiger partial charge is 0.369 e. The molecule has 0 radical (unpaired) electrons. The van der Waals surface area contributed by atoms with Crippen LogP contribution in [0.5, 0.6) is 0 Å². The summed E-state index contributed by atoms with van der Waals surface area (Å²) in [5, 5.41) is 15.2. The van der Waals surface area contributed by atoms with Crippen LogP contribution in [0.1, 0.15) is 54.6 Å². The number of nitro groups is 1. The molecule has 0 aromatic heterocycles. The van der Waals surface area contributed by atoms with Crippen molar-refractivity contribution in [2.24, 2.45) is 5.10 Å². The van der Waals surface area contributed by atoms with Crippen LogP contribution in [0.3, 0.4) is 0 Å². The van der Waals surface area contributed by atoms with Crippen molar-refractivity contribution in [3.63, 3.8) is 0 Å². The van der Waals surface area contributed by atoms with Gasteiger partial charge in [-0.2, -0.15) is 5.10 Å². The molecule has 1 amide bonds. The van der Waals surface area contributed by atoms with E-state index in [0.717, 1.165) is 17.7 Å². The molecule has 0 fully saturated rings. The standard InChI is InChI=1S/C21H23ClN4O3/c1-13-11-21(2,3)25(4)19-10-18(22)15(9-17(13)19)12-23-24-20(27)14-5-7-16(8-6-14)26(28)29/h5-10,12-13H,11H2,1-4H3,(H,24,27)/b23-12-. The van der Waals surface area contributed by atoms with Gasteiger partial charge in [0, 0.05) is 41.5 Å². The minimum absolute atomic E-state index is 0.0457. The number of hydrogen-bond donors (Lipinski definition) is 1. The quantitative estimate of drug-likeness (QED) is 0.445. The van der Waals surface area contributed by atoms with E-state index in [1.807, 2.05) is 12.1 Å². The number of anilines is 1. The number of non-ortho nitro benzene ring substituents is 1. The molecule has 8 heteroatoms. The topological polar surface area (TPSA) is 87.8 Å². The Morgan fingerprint density at radius 3 is 2.62 bits per heavy atom. The Balaban J connectivity index is 1.77. The van der Waals surface area contributed by atoms with E-state index in [4.69, 9.17) is 11.6 Å². The first kappa shape index (κ1) is 20.8. The molecule has 2 aromatic carbocycles. The fraction of sp³-hybridized carbons (Fsp3) is 0.333. The molecular formula is C21H23ClN4O3. The second-order valence-corrected chi connectivity index (χ2v) is 8.32. The van der Waals surface area contributed by atoms with E-state index in [9.17, 15) is 14.9 Å². The zero-order chi connectivity index (χ0) is 21.3. The molecule has 2 aromatic rings. The molecule has 1 unspecified atom stereocenters. The Kier molecular flexibility index (Phi) is 5.61. The van der Waals surface area contributed by atoms with Gasteiger partial charge in [-0.15, -0.1) is 0 Å². The number of amides is 1. The highest BCUT2D eigenvalue weighted by molar-refractivity contribution is 6.33. The van der Waals surface area contributed by atoms with Crippen LogP contribution in [0.2, 0.25) is 5.02 Å². The maximum atomic E-state index is 12.2. The van der Waals surface area contributed by atoms with Crippen LogP contribution in [0.15, 0.2) is 41.5 Å². The van der Waals surface area contributed by atoms with Gasteiger partial charge in [-0.05, 0) is 56.0 Å². The molecule has 7 nitrogen and oxygen atoms in total. The number of nitrogens with zero attached hydrogens (tertiary/aromatic N) is 3. The Morgan fingerprint density at radius 2 is 2.00 bits per heavy atom. The molecule has 1 aliphatic rings. The van der Waals surface area contributed by atoms with E-state index in [1.54, 1.807) is 0 Å². The third kappa shape index (κ3) is 4.24. The number of nitro benzene ring substituents is 1. The average Bonchev–Trinajstić information content (AvgIpc) is 2.66. The molecule has 152 valence electrons. The molecule has 1 heterocycles. The van der Waals surface area contributed by atoms with Crippen LogP contribution < -0.4 is 10.3 Å². The third-order valence-electron chi connectivity index (χ3n) is 5.46. The highest BCUT2D eigenvalue weighted by Gasteiger charge is 2.34. The lowest BCUT2D eigenvalue weighted by Gasteiger charge is -2.45. The molecule has 0 saturated heterocycles. The van der Waals surface area contributed by atoms with Crippen molar-refractivity contribution in [2.45, 2.75) is 38.6 Å². The van der Waals surface area contributed by atoms with Crippen molar-refractivity contribution >= 4 is 35.1 Å². The lowest BCUT2D eigenvalue weighted by Crippen LogP contribution is -2.45. The summed E-state index contributed by atoms with van der Waals surface area (Å²) in [4.78, 5) is 24.6. The number of carbonyl (C=O) groups excluding carboxylic acids is 1. The highest BCUT2D eigenvalue weighted by atomic mass is 35.5. The van der Waals surface area contributed by atoms with Gasteiger partial charge in [-0.3, -0.25) is 14.9 Å². The van der Waals surface area contributed by atoms with Gasteiger partial charge < -0.3 is 4.90 Å². The minimum Gasteiger partial charge on any atom is -0.369 e. The van der Waals surface area contributed by atoms with Crippen LogP contribution in [-0.4, -0.2) is 29.6 Å². The van der Waals surface area contributed by atoms with Crippen LogP contribution in [0, 0.1) is 10.1 Å². The number of hydrogen-bond acceptors (Lipinski definition) is 5. The minimum atomic E-state index is -0.516. The Morgan fingerprint density at radius 1 is 1.34 bits per heavy atom. The summed E-state index contributed by atoms with van der Waals surface area (Å²) in [5.74, 6) is -0.0876. The van der Waals surface area contributed by atoms with E-state index < -0.39 is 10.8 Å². The van der Waals surface area contributed by atoms with Crippen LogP contribution in [-0.2, 0) is 0 Å². The van der Waals surface area contributed by atoms with Crippen molar-refractivity contribution in [1.29, 1.82) is 0 Å². The molecule has 29 heavy (non-hydrogen) atoms. The Bertz CT molecular complexity index is 986. The van der Waals surface area contributed by atoms with Crippen molar-refractivity contribution in [1.82, 2.24) is 5.43 Å². The van der Waals surface area contributed by atoms with Crippen molar-refractivity contribution in [2.75, 3.05) is 11.9 Å². The molecule has 1 atom stereocenters. The lowest BCUT2D eigenvalue weighted by atomic mass is 9.80. The fourth-order valence-electron chi connectivity index (χ4n) is 3.66. The molecule has 0 aliphatic carbocycles. The van der Waals surface area contributed by atoms with Crippen LogP contribution in [0.4, 0.5) is 11.4 Å². The lowest BCUT2D eigenvalue weighted by molar-refractivity contribution is -0.384. The number of rotatable bonds is 4. The van der Waals surface area contributed by atoms with Crippen LogP contribution >= 0.6 is 11.6 Å². The van der Waals surface area contributed by atoms with Gasteiger partial charge >= 0.3 is 0 Å². The molecule has 1 N–H and O–H groups in total. The third-order valence-corrected chi connectivity index (χ3v) is 5.79. The smallest absolute Gasteiger partial charge is 0.271 e. The summed E-state index contributed by atoms with van der Waals surface area (Å²) < 4.78 is 0. The average molecular weight is 415 g/mol. The van der Waals surface area contributed by atoms with Crippen molar-refractivity contribution in [3.8, 4) is 0 Å². The summed E-state index contributed by atoms with van der Waals surface area (Å²) in [6.45, 7) is 6.62. The van der Waals surface area contributed by atoms with E-state index in [0.29, 0.717) is 10.9 Å². The van der Waals surface area contributed by atoms with Gasteiger partial charge in [0.05, 0.1) is 16.2 Å². The van der Waals surface area contributed by atoms with Gasteiger partial charge in [0.2, 0.25) is 0 Å². The zero-order valence-corrected chi connectivity index (χ0v) is 17.5. The summed E-state index contributed by atoms with van der Waals surface area (Å²) in [6.07, 6.45) is 2.53. The zero-order valence-electron chi connectivity index (χ0n) is 16.8. The number of benzene rings is 2.